The van der Waals surface area contributed by atoms with Gasteiger partial charge in [0, 0.05) is 11.9 Å². The number of hydrazine groups is 1. The second-order valence-corrected chi connectivity index (χ2v) is 5.36. The first-order valence-electron chi connectivity index (χ1n) is 6.26. The zero-order chi connectivity index (χ0) is 14.5. The molecule has 1 unspecified atom stereocenters. The van der Waals surface area contributed by atoms with E-state index in [1.165, 1.54) is 11.3 Å². The second-order valence-electron chi connectivity index (χ2n) is 4.64. The number of likely N-dealkylation sites (N-methyl/N-ethyl adjacent to an activating group) is 1. The van der Waals surface area contributed by atoms with E-state index in [1.807, 2.05) is 24.2 Å². The van der Waals surface area contributed by atoms with Crippen LogP contribution in [0.15, 0.2) is 17.1 Å². The van der Waals surface area contributed by atoms with Crippen LogP contribution >= 0.6 is 11.3 Å². The maximum Gasteiger partial charge on any atom is 0.162 e. The molecule has 0 aliphatic rings. The Hall–Kier alpha value is -1.48. The Morgan fingerprint density at radius 3 is 2.90 bits per heavy atom. The summed E-state index contributed by atoms with van der Waals surface area (Å²) in [6.45, 7) is 1.64. The van der Waals surface area contributed by atoms with Gasteiger partial charge in [0.15, 0.2) is 5.75 Å². The molecule has 0 bridgehead atoms. The Bertz CT molecular complexity index is 524. The van der Waals surface area contributed by atoms with Crippen molar-refractivity contribution in [1.29, 1.82) is 0 Å². The SMILES string of the molecule is COc1cnn(CCN(C)C)c1C(NN)c1cscn1. The molecule has 0 saturated heterocycles. The van der Waals surface area contributed by atoms with Gasteiger partial charge in [-0.25, -0.2) is 10.4 Å². The predicted molar refractivity (Wildman–Crippen MR) is 78.6 cm³/mol. The molecule has 7 nitrogen and oxygen atoms in total. The molecule has 2 heterocycles. The van der Waals surface area contributed by atoms with Gasteiger partial charge < -0.3 is 9.64 Å². The van der Waals surface area contributed by atoms with E-state index in [0.717, 1.165) is 24.5 Å². The quantitative estimate of drug-likeness (QED) is 0.571. The van der Waals surface area contributed by atoms with Gasteiger partial charge in [-0.15, -0.1) is 11.3 Å². The summed E-state index contributed by atoms with van der Waals surface area (Å²) < 4.78 is 7.30. The van der Waals surface area contributed by atoms with Crippen molar-refractivity contribution >= 4 is 11.3 Å². The maximum absolute atomic E-state index is 5.71. The number of aromatic nitrogens is 3. The summed E-state index contributed by atoms with van der Waals surface area (Å²) in [6, 6.07) is -0.235. The topological polar surface area (TPSA) is 81.2 Å². The molecule has 0 radical (unpaired) electrons. The highest BCUT2D eigenvalue weighted by molar-refractivity contribution is 7.07. The summed E-state index contributed by atoms with van der Waals surface area (Å²) in [5, 5.41) is 6.35. The number of hydrogen-bond acceptors (Lipinski definition) is 7. The molecule has 0 amide bonds. The summed E-state index contributed by atoms with van der Waals surface area (Å²) in [4.78, 5) is 6.43. The minimum Gasteiger partial charge on any atom is -0.493 e. The van der Waals surface area contributed by atoms with E-state index < -0.39 is 0 Å². The molecule has 3 N–H and O–H groups in total. The van der Waals surface area contributed by atoms with Gasteiger partial charge in [-0.2, -0.15) is 5.10 Å². The fraction of sp³-hybridized carbons (Fsp3) is 0.500. The largest absolute Gasteiger partial charge is 0.493 e. The molecule has 110 valence electrons. The van der Waals surface area contributed by atoms with Crippen LogP contribution in [-0.2, 0) is 6.54 Å². The van der Waals surface area contributed by atoms with Crippen LogP contribution in [0.3, 0.4) is 0 Å². The van der Waals surface area contributed by atoms with Gasteiger partial charge in [0.2, 0.25) is 0 Å². The first kappa shape index (κ1) is 14.9. The lowest BCUT2D eigenvalue weighted by atomic mass is 10.1. The van der Waals surface area contributed by atoms with Crippen LogP contribution in [0.5, 0.6) is 5.75 Å². The van der Waals surface area contributed by atoms with Gasteiger partial charge in [0.1, 0.15) is 11.7 Å². The monoisotopic (exact) mass is 296 g/mol. The molecule has 20 heavy (non-hydrogen) atoms. The fourth-order valence-corrected chi connectivity index (χ4v) is 2.55. The maximum atomic E-state index is 5.71. The number of rotatable bonds is 7. The number of nitrogens with zero attached hydrogens (tertiary/aromatic N) is 4. The predicted octanol–water partition coefficient (Wildman–Crippen LogP) is 0.462. The van der Waals surface area contributed by atoms with Crippen LogP contribution < -0.4 is 16.0 Å². The van der Waals surface area contributed by atoms with Crippen LogP contribution in [0, 0.1) is 0 Å². The molecule has 2 aromatic heterocycles. The molecular weight excluding hydrogens is 276 g/mol. The Labute approximate surface area is 122 Å². The zero-order valence-electron chi connectivity index (χ0n) is 11.9. The molecule has 0 spiro atoms. The van der Waals surface area contributed by atoms with Crippen molar-refractivity contribution in [2.24, 2.45) is 5.84 Å². The number of thiazole rings is 1. The van der Waals surface area contributed by atoms with E-state index in [4.69, 9.17) is 10.6 Å². The molecule has 2 rings (SSSR count). The average molecular weight is 296 g/mol. The third-order valence-electron chi connectivity index (χ3n) is 3.01. The smallest absolute Gasteiger partial charge is 0.162 e. The molecule has 0 aliphatic heterocycles. The van der Waals surface area contributed by atoms with Gasteiger partial charge in [-0.1, -0.05) is 0 Å². The third-order valence-corrected chi connectivity index (χ3v) is 3.62. The van der Waals surface area contributed by atoms with Crippen LogP contribution in [0.2, 0.25) is 0 Å². The highest BCUT2D eigenvalue weighted by atomic mass is 32.1. The Balaban J connectivity index is 2.34. The van der Waals surface area contributed by atoms with Crippen molar-refractivity contribution in [3.63, 3.8) is 0 Å². The van der Waals surface area contributed by atoms with E-state index >= 15 is 0 Å². The number of methoxy groups -OCH3 is 1. The first-order chi connectivity index (χ1) is 9.67. The molecule has 2 aromatic rings. The van der Waals surface area contributed by atoms with Gasteiger partial charge in [-0.05, 0) is 14.1 Å². The van der Waals surface area contributed by atoms with Crippen LogP contribution in [0.1, 0.15) is 17.4 Å². The third kappa shape index (κ3) is 3.15. The average Bonchev–Trinajstić information content (AvgIpc) is 3.07. The molecule has 0 aromatic carbocycles. The normalized spacial score (nSPS) is 12.8. The first-order valence-corrected chi connectivity index (χ1v) is 7.20. The standard InChI is InChI=1S/C12H20N6OS/c1-17(2)4-5-18-12(10(19-3)6-15-18)11(16-13)9-7-20-8-14-9/h6-8,11,16H,4-5,13H2,1-3H3. The van der Waals surface area contributed by atoms with Gasteiger partial charge in [0.05, 0.1) is 31.1 Å². The lowest BCUT2D eigenvalue weighted by Gasteiger charge is -2.18. The number of ether oxygens (including phenoxy) is 1. The van der Waals surface area contributed by atoms with Crippen molar-refractivity contribution in [3.8, 4) is 5.75 Å². The molecule has 1 atom stereocenters. The van der Waals surface area contributed by atoms with Crippen molar-refractivity contribution in [2.45, 2.75) is 12.6 Å². The highest BCUT2D eigenvalue weighted by Crippen LogP contribution is 2.29. The summed E-state index contributed by atoms with van der Waals surface area (Å²) >= 11 is 1.53. The zero-order valence-corrected chi connectivity index (χ0v) is 12.7. The molecule has 0 aliphatic carbocycles. The number of nitrogens with two attached hydrogens (primary N) is 1. The van der Waals surface area contributed by atoms with Crippen molar-refractivity contribution < 1.29 is 4.74 Å². The minimum absolute atomic E-state index is 0.235. The van der Waals surface area contributed by atoms with Gasteiger partial charge in [0.25, 0.3) is 0 Å². The van der Waals surface area contributed by atoms with Gasteiger partial charge in [-0.3, -0.25) is 10.5 Å². The summed E-state index contributed by atoms with van der Waals surface area (Å²) in [5.41, 5.74) is 6.34. The van der Waals surface area contributed by atoms with Gasteiger partial charge >= 0.3 is 0 Å². The van der Waals surface area contributed by atoms with Crippen LogP contribution in [0.25, 0.3) is 0 Å². The molecule has 8 heteroatoms. The van der Waals surface area contributed by atoms with E-state index in [2.05, 4.69) is 20.4 Å². The lowest BCUT2D eigenvalue weighted by Crippen LogP contribution is -2.32. The second kappa shape index (κ2) is 6.80. The molecular formula is C12H20N6OS. The summed E-state index contributed by atoms with van der Waals surface area (Å²) in [5.74, 6) is 6.42. The van der Waals surface area contributed by atoms with Crippen molar-refractivity contribution in [2.75, 3.05) is 27.7 Å². The van der Waals surface area contributed by atoms with Crippen LogP contribution in [-0.4, -0.2) is 47.4 Å². The Kier molecular flexibility index (Phi) is 5.07. The minimum atomic E-state index is -0.235. The van der Waals surface area contributed by atoms with E-state index in [0.29, 0.717) is 5.75 Å². The van der Waals surface area contributed by atoms with Crippen LogP contribution in [0.4, 0.5) is 0 Å². The van der Waals surface area contributed by atoms with Crippen molar-refractivity contribution in [1.82, 2.24) is 25.1 Å². The molecule has 0 saturated carbocycles. The number of hydrogen-bond donors (Lipinski definition) is 2. The van der Waals surface area contributed by atoms with E-state index in [9.17, 15) is 0 Å². The highest BCUT2D eigenvalue weighted by Gasteiger charge is 2.24. The lowest BCUT2D eigenvalue weighted by molar-refractivity contribution is 0.359. The summed E-state index contributed by atoms with van der Waals surface area (Å²) in [6.07, 6.45) is 1.71. The Morgan fingerprint density at radius 1 is 1.55 bits per heavy atom. The number of nitrogens with one attached hydrogen (secondary N) is 1. The molecule has 0 fully saturated rings. The van der Waals surface area contributed by atoms with E-state index in [1.54, 1.807) is 18.8 Å². The van der Waals surface area contributed by atoms with Crippen molar-refractivity contribution in [3.05, 3.63) is 28.5 Å². The summed E-state index contributed by atoms with van der Waals surface area (Å²) in [7, 11) is 5.68. The fourth-order valence-electron chi connectivity index (χ4n) is 1.97. The Morgan fingerprint density at radius 2 is 2.35 bits per heavy atom. The van der Waals surface area contributed by atoms with E-state index in [-0.39, 0.29) is 6.04 Å².